The van der Waals surface area contributed by atoms with Crippen LogP contribution >= 0.6 is 0 Å². The molecule has 10 heavy (non-hydrogen) atoms. The summed E-state index contributed by atoms with van der Waals surface area (Å²) >= 11 is 0. The molecule has 0 aliphatic carbocycles. The second-order valence-corrected chi connectivity index (χ2v) is 3.46. The average molecular weight is 176 g/mol. The van der Waals surface area contributed by atoms with Gasteiger partial charge in [0.05, 0.1) is 10.1 Å². The van der Waals surface area contributed by atoms with E-state index in [1.54, 1.807) is 0 Å². The van der Waals surface area contributed by atoms with E-state index in [9.17, 15) is 13.0 Å². The minimum Gasteiger partial charge on any atom is -0.748 e. The Balaban J connectivity index is 0. The predicted molar refractivity (Wildman–Crippen MR) is 30.8 cm³/mol. The minimum absolute atomic E-state index is 0. The van der Waals surface area contributed by atoms with Crippen molar-refractivity contribution in [1.82, 2.24) is 0 Å². The molecule has 0 amide bonds. The molecular formula is C4H9NaO4S. The monoisotopic (exact) mass is 176 g/mol. The maximum atomic E-state index is 9.93. The zero-order valence-electron chi connectivity index (χ0n) is 6.07. The van der Waals surface area contributed by atoms with Gasteiger partial charge in [-0.2, -0.15) is 0 Å². The number of rotatable bonds is 3. The molecule has 6 heteroatoms. The number of hydrogen-bond donors (Lipinski definition) is 1. The zero-order chi connectivity index (χ0) is 7.49. The Morgan fingerprint density at radius 1 is 1.60 bits per heavy atom. The molecule has 0 saturated heterocycles. The Morgan fingerprint density at radius 2 is 2.00 bits per heavy atom. The van der Waals surface area contributed by atoms with E-state index in [1.807, 2.05) is 0 Å². The average Bonchev–Trinajstić information content (AvgIpc) is 1.62. The molecule has 56 valence electrons. The SMILES string of the molecule is CC(CO)CS(=O)(=O)[O-].[Na+]. The smallest absolute Gasteiger partial charge is 0.748 e. The number of hydrogen-bond acceptors (Lipinski definition) is 4. The van der Waals surface area contributed by atoms with E-state index in [1.165, 1.54) is 6.92 Å². The molecule has 0 aromatic rings. The third-order valence-electron chi connectivity index (χ3n) is 0.800. The van der Waals surface area contributed by atoms with E-state index < -0.39 is 21.8 Å². The maximum Gasteiger partial charge on any atom is 1.00 e. The molecule has 0 spiro atoms. The predicted octanol–water partition coefficient (Wildman–Crippen LogP) is -3.84. The normalized spacial score (nSPS) is 13.9. The largest absolute Gasteiger partial charge is 1.00 e. The van der Waals surface area contributed by atoms with Crippen molar-refractivity contribution < 1.29 is 47.6 Å². The van der Waals surface area contributed by atoms with Crippen LogP contribution in [0.4, 0.5) is 0 Å². The molecule has 0 fully saturated rings. The Kier molecular flexibility index (Phi) is 7.42. The summed E-state index contributed by atoms with van der Waals surface area (Å²) in [6.07, 6.45) is 0. The van der Waals surface area contributed by atoms with E-state index in [2.05, 4.69) is 0 Å². The van der Waals surface area contributed by atoms with Gasteiger partial charge in [-0.25, -0.2) is 8.42 Å². The van der Waals surface area contributed by atoms with Crippen LogP contribution in [-0.2, 0) is 10.1 Å². The zero-order valence-corrected chi connectivity index (χ0v) is 8.89. The van der Waals surface area contributed by atoms with Gasteiger partial charge in [0.1, 0.15) is 0 Å². The molecule has 0 aromatic heterocycles. The van der Waals surface area contributed by atoms with Gasteiger partial charge >= 0.3 is 29.6 Å². The molecule has 1 N–H and O–H groups in total. The van der Waals surface area contributed by atoms with Crippen LogP contribution in [0.15, 0.2) is 0 Å². The van der Waals surface area contributed by atoms with Crippen LogP contribution in [0.3, 0.4) is 0 Å². The molecule has 1 atom stereocenters. The van der Waals surface area contributed by atoms with E-state index in [4.69, 9.17) is 5.11 Å². The van der Waals surface area contributed by atoms with Crippen molar-refractivity contribution in [3.8, 4) is 0 Å². The number of aliphatic hydroxyl groups is 1. The number of aliphatic hydroxyl groups excluding tert-OH is 1. The molecule has 0 bridgehead atoms. The Labute approximate surface area is 82.7 Å². The standard InChI is InChI=1S/C4H10O4S.Na/c1-4(2-5)3-9(6,7)8;/h4-5H,2-3H2,1H3,(H,6,7,8);/q;+1/p-1. The van der Waals surface area contributed by atoms with Crippen molar-refractivity contribution in [2.45, 2.75) is 6.92 Å². The molecule has 4 nitrogen and oxygen atoms in total. The first-order chi connectivity index (χ1) is 3.95. The fourth-order valence-corrected chi connectivity index (χ4v) is 1.20. The summed E-state index contributed by atoms with van der Waals surface area (Å²) in [5.74, 6) is -0.934. The Morgan fingerprint density at radius 3 is 2.10 bits per heavy atom. The van der Waals surface area contributed by atoms with Gasteiger partial charge in [0, 0.05) is 12.4 Å². The molecule has 0 aliphatic rings. The van der Waals surface area contributed by atoms with Crippen molar-refractivity contribution in [2.24, 2.45) is 5.92 Å². The van der Waals surface area contributed by atoms with Gasteiger partial charge in [0.2, 0.25) is 0 Å². The summed E-state index contributed by atoms with van der Waals surface area (Å²) in [6.45, 7) is 1.23. The summed E-state index contributed by atoms with van der Waals surface area (Å²) in [6, 6.07) is 0. The Hall–Kier alpha value is 0.870. The van der Waals surface area contributed by atoms with Crippen LogP contribution in [0.5, 0.6) is 0 Å². The van der Waals surface area contributed by atoms with Gasteiger partial charge in [-0.1, -0.05) is 6.92 Å². The van der Waals surface area contributed by atoms with E-state index in [0.717, 1.165) is 0 Å². The van der Waals surface area contributed by atoms with Gasteiger partial charge < -0.3 is 9.66 Å². The molecule has 0 aliphatic heterocycles. The maximum absolute atomic E-state index is 9.93. The minimum atomic E-state index is -4.15. The van der Waals surface area contributed by atoms with E-state index in [0.29, 0.717) is 0 Å². The molecule has 0 radical (unpaired) electrons. The first-order valence-electron chi connectivity index (χ1n) is 2.50. The van der Waals surface area contributed by atoms with Crippen LogP contribution in [0.2, 0.25) is 0 Å². The Bertz CT molecular complexity index is 164. The second-order valence-electron chi connectivity index (χ2n) is 2.01. The van der Waals surface area contributed by atoms with Crippen molar-refractivity contribution in [2.75, 3.05) is 12.4 Å². The van der Waals surface area contributed by atoms with Gasteiger partial charge in [0.25, 0.3) is 0 Å². The van der Waals surface area contributed by atoms with Crippen LogP contribution in [0, 0.1) is 5.92 Å². The summed E-state index contributed by atoms with van der Waals surface area (Å²) in [4.78, 5) is 0. The summed E-state index contributed by atoms with van der Waals surface area (Å²) in [7, 11) is -4.15. The van der Waals surface area contributed by atoms with Crippen molar-refractivity contribution in [1.29, 1.82) is 0 Å². The van der Waals surface area contributed by atoms with E-state index >= 15 is 0 Å². The summed E-state index contributed by atoms with van der Waals surface area (Å²) in [5, 5.41) is 8.29. The van der Waals surface area contributed by atoms with Crippen molar-refractivity contribution >= 4 is 10.1 Å². The molecule has 0 saturated carbocycles. The molecule has 0 rings (SSSR count). The summed E-state index contributed by atoms with van der Waals surface area (Å²) in [5.41, 5.74) is 0. The van der Waals surface area contributed by atoms with Crippen LogP contribution in [0.1, 0.15) is 6.92 Å². The molecule has 1 unspecified atom stereocenters. The van der Waals surface area contributed by atoms with Crippen LogP contribution in [0.25, 0.3) is 0 Å². The second kappa shape index (κ2) is 5.51. The van der Waals surface area contributed by atoms with Crippen LogP contribution in [-0.4, -0.2) is 30.4 Å². The van der Waals surface area contributed by atoms with Gasteiger partial charge in [0.15, 0.2) is 0 Å². The van der Waals surface area contributed by atoms with Crippen molar-refractivity contribution in [3.05, 3.63) is 0 Å². The third-order valence-corrected chi connectivity index (χ3v) is 1.78. The van der Waals surface area contributed by atoms with Gasteiger partial charge in [-0.05, 0) is 5.92 Å². The van der Waals surface area contributed by atoms with Gasteiger partial charge in [-0.3, -0.25) is 0 Å². The molecule has 0 heterocycles. The van der Waals surface area contributed by atoms with E-state index in [-0.39, 0.29) is 36.2 Å². The third kappa shape index (κ3) is 8.87. The summed E-state index contributed by atoms with van der Waals surface area (Å²) < 4.78 is 29.8. The molecule has 0 aromatic carbocycles. The first kappa shape index (κ1) is 13.5. The molecular weight excluding hydrogens is 167 g/mol. The van der Waals surface area contributed by atoms with Crippen molar-refractivity contribution in [3.63, 3.8) is 0 Å². The fraction of sp³-hybridized carbons (Fsp3) is 1.00. The fourth-order valence-electron chi connectivity index (χ4n) is 0.401. The topological polar surface area (TPSA) is 77.4 Å². The van der Waals surface area contributed by atoms with Crippen LogP contribution < -0.4 is 29.6 Å². The first-order valence-corrected chi connectivity index (χ1v) is 4.08. The quantitative estimate of drug-likeness (QED) is 0.353. The van der Waals surface area contributed by atoms with Gasteiger partial charge in [-0.15, -0.1) is 0 Å².